The van der Waals surface area contributed by atoms with E-state index in [-0.39, 0.29) is 11.6 Å². The summed E-state index contributed by atoms with van der Waals surface area (Å²) in [5.74, 6) is -0.247. The summed E-state index contributed by atoms with van der Waals surface area (Å²) < 4.78 is 0.616. The van der Waals surface area contributed by atoms with Crippen molar-refractivity contribution in [1.29, 1.82) is 0 Å². The SMILES string of the molecule is CN1C(=O)/C(=[N+](\C)[O-])c2ccccc21. The maximum absolute atomic E-state index is 11.7. The number of para-hydroxylation sites is 1. The average molecular weight is 190 g/mol. The highest BCUT2D eigenvalue weighted by atomic mass is 16.5. The average Bonchev–Trinajstić information content (AvgIpc) is 2.41. The van der Waals surface area contributed by atoms with E-state index in [1.54, 1.807) is 13.1 Å². The smallest absolute Gasteiger partial charge is 0.324 e. The summed E-state index contributed by atoms with van der Waals surface area (Å²) >= 11 is 0. The summed E-state index contributed by atoms with van der Waals surface area (Å²) in [6.45, 7) is 0. The minimum absolute atomic E-state index is 0.211. The lowest BCUT2D eigenvalue weighted by Gasteiger charge is -2.06. The van der Waals surface area contributed by atoms with Crippen LogP contribution in [-0.4, -0.2) is 30.5 Å². The lowest BCUT2D eigenvalue weighted by Crippen LogP contribution is -2.29. The van der Waals surface area contributed by atoms with Crippen molar-refractivity contribution in [2.75, 3.05) is 19.0 Å². The van der Waals surface area contributed by atoms with Crippen molar-refractivity contribution in [3.8, 4) is 0 Å². The summed E-state index contributed by atoms with van der Waals surface area (Å²) in [7, 11) is 3.00. The molecule has 1 heterocycles. The molecule has 0 unspecified atom stereocenters. The van der Waals surface area contributed by atoms with Gasteiger partial charge in [-0.3, -0.25) is 4.79 Å². The molecule has 4 heteroatoms. The molecule has 0 aliphatic carbocycles. The molecule has 0 saturated heterocycles. The fraction of sp³-hybridized carbons (Fsp3) is 0.200. The molecule has 0 aromatic heterocycles. The third-order valence-electron chi connectivity index (χ3n) is 2.34. The third-order valence-corrected chi connectivity index (χ3v) is 2.34. The van der Waals surface area contributed by atoms with E-state index in [2.05, 4.69) is 0 Å². The lowest BCUT2D eigenvalue weighted by atomic mass is 10.1. The standard InChI is InChI=1S/C10H10N2O2/c1-11-8-6-4-3-5-7(8)9(10(11)13)12(2)14/h3-6H,1-2H3/b12-9+. The Morgan fingerprint density at radius 3 is 2.64 bits per heavy atom. The zero-order valence-electron chi connectivity index (χ0n) is 8.02. The number of carbonyl (C=O) groups is 1. The Kier molecular flexibility index (Phi) is 1.77. The van der Waals surface area contributed by atoms with E-state index in [4.69, 9.17) is 0 Å². The predicted octanol–water partition coefficient (Wildman–Crippen LogP) is 0.592. The molecule has 2 rings (SSSR count). The van der Waals surface area contributed by atoms with Crippen LogP contribution in [-0.2, 0) is 4.79 Å². The first kappa shape index (κ1) is 8.74. The van der Waals surface area contributed by atoms with Gasteiger partial charge in [-0.15, -0.1) is 0 Å². The van der Waals surface area contributed by atoms with Crippen molar-refractivity contribution in [2.45, 2.75) is 0 Å². The van der Waals surface area contributed by atoms with E-state index in [9.17, 15) is 10.0 Å². The Bertz CT molecular complexity index is 434. The molecule has 1 aromatic carbocycles. The monoisotopic (exact) mass is 190 g/mol. The molecule has 1 amide bonds. The number of benzene rings is 1. The van der Waals surface area contributed by atoms with Gasteiger partial charge in [0.1, 0.15) is 7.05 Å². The van der Waals surface area contributed by atoms with Crippen LogP contribution in [0.5, 0.6) is 0 Å². The van der Waals surface area contributed by atoms with Gasteiger partial charge < -0.3 is 10.1 Å². The van der Waals surface area contributed by atoms with Crippen LogP contribution < -0.4 is 4.90 Å². The number of amides is 1. The molecule has 0 saturated carbocycles. The van der Waals surface area contributed by atoms with E-state index in [1.807, 2.05) is 18.2 Å². The molecule has 0 spiro atoms. The first-order valence-corrected chi connectivity index (χ1v) is 4.28. The van der Waals surface area contributed by atoms with Gasteiger partial charge in [0.2, 0.25) is 0 Å². The number of anilines is 1. The zero-order chi connectivity index (χ0) is 10.3. The van der Waals surface area contributed by atoms with Gasteiger partial charge in [0, 0.05) is 7.05 Å². The van der Waals surface area contributed by atoms with Gasteiger partial charge in [-0.05, 0) is 12.1 Å². The molecule has 0 N–H and O–H groups in total. The van der Waals surface area contributed by atoms with Gasteiger partial charge >= 0.3 is 5.91 Å². The van der Waals surface area contributed by atoms with Crippen molar-refractivity contribution >= 4 is 17.3 Å². The minimum Gasteiger partial charge on any atom is -0.623 e. The zero-order valence-corrected chi connectivity index (χ0v) is 8.02. The van der Waals surface area contributed by atoms with Gasteiger partial charge in [-0.2, -0.15) is 0 Å². The van der Waals surface area contributed by atoms with Crippen molar-refractivity contribution in [2.24, 2.45) is 0 Å². The van der Waals surface area contributed by atoms with Crippen LogP contribution in [0.3, 0.4) is 0 Å². The van der Waals surface area contributed by atoms with Crippen LogP contribution in [0.15, 0.2) is 24.3 Å². The second-order valence-electron chi connectivity index (χ2n) is 3.23. The fourth-order valence-corrected chi connectivity index (χ4v) is 1.65. The second kappa shape index (κ2) is 2.83. The molecular formula is C10H10N2O2. The molecular weight excluding hydrogens is 180 g/mol. The summed E-state index contributed by atoms with van der Waals surface area (Å²) in [5, 5.41) is 11.2. The van der Waals surface area contributed by atoms with Crippen LogP contribution in [0.2, 0.25) is 0 Å². The Hall–Kier alpha value is -1.84. The first-order valence-electron chi connectivity index (χ1n) is 4.28. The molecule has 14 heavy (non-hydrogen) atoms. The first-order chi connectivity index (χ1) is 6.63. The highest BCUT2D eigenvalue weighted by Gasteiger charge is 2.36. The molecule has 0 bridgehead atoms. The quantitative estimate of drug-likeness (QED) is 0.341. The summed E-state index contributed by atoms with van der Waals surface area (Å²) in [6, 6.07) is 7.26. The van der Waals surface area contributed by atoms with Crippen LogP contribution >= 0.6 is 0 Å². The molecule has 72 valence electrons. The van der Waals surface area contributed by atoms with E-state index < -0.39 is 0 Å². The van der Waals surface area contributed by atoms with E-state index in [0.717, 1.165) is 5.69 Å². The molecule has 4 nitrogen and oxygen atoms in total. The van der Waals surface area contributed by atoms with Crippen LogP contribution in [0, 0.1) is 5.21 Å². The Balaban J connectivity index is 2.72. The van der Waals surface area contributed by atoms with E-state index >= 15 is 0 Å². The Morgan fingerprint density at radius 2 is 2.00 bits per heavy atom. The highest BCUT2D eigenvalue weighted by Crippen LogP contribution is 2.26. The van der Waals surface area contributed by atoms with Crippen molar-refractivity contribution in [3.63, 3.8) is 0 Å². The van der Waals surface area contributed by atoms with E-state index in [1.165, 1.54) is 11.9 Å². The van der Waals surface area contributed by atoms with E-state index in [0.29, 0.717) is 10.3 Å². The number of fused-ring (bicyclic) bond motifs is 1. The molecule has 1 aliphatic rings. The number of nitrogens with zero attached hydrogens (tertiary/aromatic N) is 2. The predicted molar refractivity (Wildman–Crippen MR) is 53.5 cm³/mol. The highest BCUT2D eigenvalue weighted by molar-refractivity contribution is 6.52. The number of rotatable bonds is 0. The van der Waals surface area contributed by atoms with Crippen molar-refractivity contribution < 1.29 is 9.53 Å². The number of carbonyl (C=O) groups excluding carboxylic acids is 1. The maximum atomic E-state index is 11.7. The third kappa shape index (κ3) is 1.00. The Labute approximate surface area is 81.7 Å². The van der Waals surface area contributed by atoms with Crippen LogP contribution in [0.4, 0.5) is 5.69 Å². The van der Waals surface area contributed by atoms with Crippen molar-refractivity contribution in [3.05, 3.63) is 35.0 Å². The van der Waals surface area contributed by atoms with Crippen LogP contribution in [0.25, 0.3) is 0 Å². The lowest BCUT2D eigenvalue weighted by molar-refractivity contribution is -0.420. The minimum atomic E-state index is -0.247. The number of hydrogen-bond acceptors (Lipinski definition) is 2. The van der Waals surface area contributed by atoms with Crippen LogP contribution in [0.1, 0.15) is 5.56 Å². The number of likely N-dealkylation sites (N-methyl/N-ethyl adjacent to an activating group) is 1. The number of hydrogen-bond donors (Lipinski definition) is 0. The molecule has 0 atom stereocenters. The van der Waals surface area contributed by atoms with Gasteiger partial charge in [0.05, 0.1) is 11.3 Å². The fourth-order valence-electron chi connectivity index (χ4n) is 1.65. The van der Waals surface area contributed by atoms with Gasteiger partial charge in [-0.25, -0.2) is 4.74 Å². The Morgan fingerprint density at radius 1 is 1.36 bits per heavy atom. The second-order valence-corrected chi connectivity index (χ2v) is 3.23. The van der Waals surface area contributed by atoms with Gasteiger partial charge in [0.25, 0.3) is 5.71 Å². The topological polar surface area (TPSA) is 46.4 Å². The molecule has 0 fully saturated rings. The summed E-state index contributed by atoms with van der Waals surface area (Å²) in [4.78, 5) is 13.1. The maximum Gasteiger partial charge on any atom is 0.324 e. The normalized spacial score (nSPS) is 18.4. The van der Waals surface area contributed by atoms with Gasteiger partial charge in [-0.1, -0.05) is 12.1 Å². The summed E-state index contributed by atoms with van der Waals surface area (Å²) in [6.07, 6.45) is 0. The molecule has 1 aromatic rings. The molecule has 1 aliphatic heterocycles. The van der Waals surface area contributed by atoms with Crippen molar-refractivity contribution in [1.82, 2.24) is 0 Å². The largest absolute Gasteiger partial charge is 0.623 e. The number of hydroxylamine groups is 1. The molecule has 0 radical (unpaired) electrons. The van der Waals surface area contributed by atoms with Gasteiger partial charge in [0.15, 0.2) is 0 Å². The summed E-state index contributed by atoms with van der Waals surface area (Å²) in [5.41, 5.74) is 1.70.